The van der Waals surface area contributed by atoms with Gasteiger partial charge in [-0.15, -0.1) is 0 Å². The van der Waals surface area contributed by atoms with Crippen LogP contribution in [0.3, 0.4) is 0 Å². The molecule has 0 heterocycles. The smallest absolute Gasteiger partial charge is 0.206 e. The van der Waals surface area contributed by atoms with Crippen molar-refractivity contribution in [1.29, 1.82) is 0 Å². The topological polar surface area (TPSA) is 35.2 Å². The fourth-order valence-electron chi connectivity index (χ4n) is 1.00. The highest BCUT2D eigenvalue weighted by Gasteiger charge is 2.27. The highest BCUT2D eigenvalue weighted by molar-refractivity contribution is 7.80. The van der Waals surface area contributed by atoms with Gasteiger partial charge in [-0.05, 0) is 0 Å². The zero-order valence-corrected chi connectivity index (χ0v) is 9.88. The summed E-state index contributed by atoms with van der Waals surface area (Å²) < 4.78 is 69.1. The summed E-state index contributed by atoms with van der Waals surface area (Å²) in [4.78, 5) is -0.00104. The van der Waals surface area contributed by atoms with E-state index in [1.807, 2.05) is 0 Å². The van der Waals surface area contributed by atoms with Gasteiger partial charge in [0.15, 0.2) is 5.75 Å². The third-order valence-corrected chi connectivity index (χ3v) is 2.54. The maximum Gasteiger partial charge on any atom is 0.206 e. The minimum Gasteiger partial charge on any atom is -0.487 e. The van der Waals surface area contributed by atoms with Crippen molar-refractivity contribution in [3.8, 4) is 5.75 Å². The van der Waals surface area contributed by atoms with Crippen molar-refractivity contribution in [2.75, 3.05) is 6.61 Å². The average Bonchev–Trinajstić information content (AvgIpc) is 2.33. The molecule has 1 atom stereocenters. The summed E-state index contributed by atoms with van der Waals surface area (Å²) in [5.41, 5.74) is 5.22. The highest BCUT2D eigenvalue weighted by atomic mass is 32.1. The number of thiocarbonyl (C=S) groups is 1. The van der Waals surface area contributed by atoms with E-state index >= 15 is 0 Å². The first-order valence-corrected chi connectivity index (χ1v) is 5.11. The molecule has 8 heteroatoms. The number of hydrogen-bond donors (Lipinski definition) is 1. The second-order valence-corrected chi connectivity index (χ2v) is 3.98. The molecule has 0 saturated heterocycles. The van der Waals surface area contributed by atoms with Crippen LogP contribution in [-0.2, 0) is 0 Å². The number of benzene rings is 1. The largest absolute Gasteiger partial charge is 0.487 e. The van der Waals surface area contributed by atoms with E-state index in [0.717, 1.165) is 0 Å². The molecule has 100 valence electrons. The molecule has 18 heavy (non-hydrogen) atoms. The molecule has 0 radical (unpaired) electrons. The van der Waals surface area contributed by atoms with Crippen molar-refractivity contribution in [1.82, 2.24) is 0 Å². The van der Waals surface area contributed by atoms with Gasteiger partial charge >= 0.3 is 0 Å². The first kappa shape index (κ1) is 14.6. The van der Waals surface area contributed by atoms with Crippen molar-refractivity contribution < 1.29 is 26.7 Å². The molecule has 1 rings (SSSR count). The van der Waals surface area contributed by atoms with Crippen LogP contribution in [0.5, 0.6) is 5.75 Å². The van der Waals surface area contributed by atoms with Crippen molar-refractivity contribution in [3.05, 3.63) is 29.1 Å². The lowest BCUT2D eigenvalue weighted by Crippen LogP contribution is -2.24. The number of rotatable bonds is 4. The predicted octanol–water partition coefficient (Wildman–Crippen LogP) is 2.68. The van der Waals surface area contributed by atoms with Gasteiger partial charge in [-0.2, -0.15) is 8.78 Å². The Labute approximate surface area is 105 Å². The molecule has 0 fully saturated rings. The fourth-order valence-corrected chi connectivity index (χ4v) is 1.07. The van der Waals surface area contributed by atoms with Crippen molar-refractivity contribution >= 4 is 17.2 Å². The molecule has 2 nitrogen and oxygen atoms in total. The summed E-state index contributed by atoms with van der Waals surface area (Å²) in [6, 6.07) is 0. The Morgan fingerprint density at radius 1 is 1.06 bits per heavy atom. The molecule has 1 unspecified atom stereocenters. The SMILES string of the molecule is CC(COc1c(F)c(F)c(F)c(F)c1F)C(N)=S. The lowest BCUT2D eigenvalue weighted by Gasteiger charge is -2.13. The van der Waals surface area contributed by atoms with Crippen LogP contribution in [0.1, 0.15) is 6.92 Å². The summed E-state index contributed by atoms with van der Waals surface area (Å²) in [6.45, 7) is 1.09. The van der Waals surface area contributed by atoms with Gasteiger partial charge in [-0.1, -0.05) is 19.1 Å². The molecular formula is C10H8F5NOS. The minimum absolute atomic E-state index is 0.00104. The lowest BCUT2D eigenvalue weighted by atomic mass is 10.2. The van der Waals surface area contributed by atoms with Crippen LogP contribution in [0.25, 0.3) is 0 Å². The number of nitrogens with two attached hydrogens (primary N) is 1. The molecule has 0 aliphatic carbocycles. The quantitative estimate of drug-likeness (QED) is 0.400. The maximum atomic E-state index is 13.1. The summed E-state index contributed by atoms with van der Waals surface area (Å²) >= 11 is 4.57. The van der Waals surface area contributed by atoms with E-state index in [4.69, 9.17) is 5.73 Å². The van der Waals surface area contributed by atoms with Gasteiger partial charge in [0.25, 0.3) is 0 Å². The van der Waals surface area contributed by atoms with Crippen LogP contribution in [0, 0.1) is 35.0 Å². The Morgan fingerprint density at radius 3 is 1.83 bits per heavy atom. The summed E-state index contributed by atoms with van der Waals surface area (Å²) in [5, 5.41) is 0. The Balaban J connectivity index is 3.07. The third-order valence-electron chi connectivity index (χ3n) is 2.13. The molecule has 0 saturated carbocycles. The second kappa shape index (κ2) is 5.47. The second-order valence-electron chi connectivity index (χ2n) is 3.51. The molecule has 0 aliphatic rings. The molecule has 0 bridgehead atoms. The van der Waals surface area contributed by atoms with Gasteiger partial charge in [-0.3, -0.25) is 0 Å². The van der Waals surface area contributed by atoms with Gasteiger partial charge in [0, 0.05) is 5.92 Å². The summed E-state index contributed by atoms with van der Waals surface area (Å²) in [5.74, 6) is -12.3. The van der Waals surface area contributed by atoms with E-state index < -0.39 is 47.4 Å². The van der Waals surface area contributed by atoms with Gasteiger partial charge in [-0.25, -0.2) is 13.2 Å². The van der Waals surface area contributed by atoms with E-state index in [0.29, 0.717) is 0 Å². The van der Waals surface area contributed by atoms with Gasteiger partial charge in [0.05, 0.1) is 11.6 Å². The summed E-state index contributed by atoms with van der Waals surface area (Å²) in [6.07, 6.45) is 0. The normalized spacial score (nSPS) is 12.3. The highest BCUT2D eigenvalue weighted by Crippen LogP contribution is 2.29. The fraction of sp³-hybridized carbons (Fsp3) is 0.300. The average molecular weight is 285 g/mol. The molecule has 1 aromatic carbocycles. The standard InChI is InChI=1S/C10H8F5NOS/c1-3(10(16)18)2-17-9-7(14)5(12)4(11)6(13)8(9)15/h3H,2H2,1H3,(H2,16,18). The predicted molar refractivity (Wildman–Crippen MR) is 57.7 cm³/mol. The minimum atomic E-state index is -2.24. The molecule has 1 aromatic rings. The van der Waals surface area contributed by atoms with Crippen LogP contribution in [0.4, 0.5) is 22.0 Å². The molecular weight excluding hydrogens is 277 g/mol. The van der Waals surface area contributed by atoms with Crippen molar-refractivity contribution in [2.45, 2.75) is 6.92 Å². The van der Waals surface area contributed by atoms with Crippen LogP contribution in [0.2, 0.25) is 0 Å². The van der Waals surface area contributed by atoms with E-state index in [-0.39, 0.29) is 4.99 Å². The Bertz CT molecular complexity index is 465. The number of hydrogen-bond acceptors (Lipinski definition) is 2. The van der Waals surface area contributed by atoms with Crippen molar-refractivity contribution in [3.63, 3.8) is 0 Å². The lowest BCUT2D eigenvalue weighted by molar-refractivity contribution is 0.247. The molecule has 0 amide bonds. The van der Waals surface area contributed by atoms with E-state index in [2.05, 4.69) is 17.0 Å². The van der Waals surface area contributed by atoms with Crippen molar-refractivity contribution in [2.24, 2.45) is 11.7 Å². The molecule has 0 aromatic heterocycles. The van der Waals surface area contributed by atoms with Gasteiger partial charge in [0.2, 0.25) is 29.1 Å². The third kappa shape index (κ3) is 2.69. The molecule has 0 spiro atoms. The van der Waals surface area contributed by atoms with E-state index in [1.165, 1.54) is 6.92 Å². The molecule has 2 N–H and O–H groups in total. The zero-order chi connectivity index (χ0) is 14.0. The Hall–Kier alpha value is -1.44. The number of halogens is 5. The maximum absolute atomic E-state index is 13.1. The number of ether oxygens (including phenoxy) is 1. The first-order chi connectivity index (χ1) is 8.27. The van der Waals surface area contributed by atoms with E-state index in [1.54, 1.807) is 0 Å². The van der Waals surface area contributed by atoms with Crippen LogP contribution in [-0.4, -0.2) is 11.6 Å². The zero-order valence-electron chi connectivity index (χ0n) is 9.07. The Kier molecular flexibility index (Phi) is 4.44. The monoisotopic (exact) mass is 285 g/mol. The Morgan fingerprint density at radius 2 is 1.44 bits per heavy atom. The van der Waals surface area contributed by atoms with E-state index in [9.17, 15) is 22.0 Å². The van der Waals surface area contributed by atoms with Crippen LogP contribution in [0.15, 0.2) is 0 Å². The first-order valence-electron chi connectivity index (χ1n) is 4.70. The van der Waals surface area contributed by atoms with Gasteiger partial charge in [0.1, 0.15) is 0 Å². The summed E-state index contributed by atoms with van der Waals surface area (Å²) in [7, 11) is 0. The molecule has 0 aliphatic heterocycles. The van der Waals surface area contributed by atoms with Gasteiger partial charge < -0.3 is 10.5 Å². The van der Waals surface area contributed by atoms with Crippen LogP contribution >= 0.6 is 12.2 Å². The van der Waals surface area contributed by atoms with Crippen LogP contribution < -0.4 is 10.5 Å².